The highest BCUT2D eigenvalue weighted by atomic mass is 32.2. The SMILES string of the molecule is COc1c(C)cc2c(c1O)[C@@H]1C3[C@@H]4SC[C@]5(NCCc6c5[nH]c5ccccc65)C(=O)OC[C@@H](c5c6c(c(C)c(OC(=O)C(F)(F)C(F)(F)C(F)(F)F)c54)OCO6)N3[C@@H](C#N)[C@@H](C2)N1C. The summed E-state index contributed by atoms with van der Waals surface area (Å²) < 4.78 is 129. The van der Waals surface area contributed by atoms with Crippen molar-refractivity contribution in [1.29, 1.82) is 5.26 Å². The maximum absolute atomic E-state index is 15.3. The molecule has 3 aromatic carbocycles. The van der Waals surface area contributed by atoms with E-state index in [2.05, 4.69) is 16.4 Å². The smallest absolute Gasteiger partial charge is 0.460 e. The molecule has 7 aliphatic heterocycles. The molecule has 1 unspecified atom stereocenters. The number of alkyl halides is 7. The number of nitrogens with zero attached hydrogens (tertiary/aromatic N) is 3. The minimum absolute atomic E-state index is 0.0184. The van der Waals surface area contributed by atoms with Crippen molar-refractivity contribution in [3.05, 3.63) is 75.0 Å². The van der Waals surface area contributed by atoms with Crippen LogP contribution in [0.5, 0.6) is 28.7 Å². The second kappa shape index (κ2) is 14.3. The number of para-hydroxylation sites is 1. The van der Waals surface area contributed by atoms with Gasteiger partial charge in [0.05, 0.1) is 36.2 Å². The third-order valence-corrected chi connectivity index (χ3v) is 15.2. The maximum atomic E-state index is 15.3. The Morgan fingerprint density at radius 2 is 1.78 bits per heavy atom. The monoisotopic (exact) mass is 917 g/mol. The van der Waals surface area contributed by atoms with E-state index in [4.69, 9.17) is 23.7 Å². The van der Waals surface area contributed by atoms with E-state index in [0.29, 0.717) is 35.3 Å². The summed E-state index contributed by atoms with van der Waals surface area (Å²) in [5, 5.41) is 26.2. The number of carbonyl (C=O) groups excluding carboxylic acids is 2. The number of aromatic nitrogens is 1. The minimum atomic E-state index is -6.85. The molecule has 8 heterocycles. The summed E-state index contributed by atoms with van der Waals surface area (Å²) in [5.74, 6) is -18.4. The molecule has 11 rings (SSSR count). The lowest BCUT2D eigenvalue weighted by atomic mass is 9.71. The van der Waals surface area contributed by atoms with Gasteiger partial charge in [-0.15, -0.1) is 11.8 Å². The fourth-order valence-electron chi connectivity index (χ4n) is 10.9. The Morgan fingerprint density at radius 3 is 2.50 bits per heavy atom. The highest BCUT2D eigenvalue weighted by Gasteiger charge is 2.77. The number of benzene rings is 3. The average molecular weight is 918 g/mol. The van der Waals surface area contributed by atoms with Gasteiger partial charge in [0.2, 0.25) is 6.79 Å². The van der Waals surface area contributed by atoms with Crippen LogP contribution in [-0.4, -0.2) is 108 Å². The molecule has 1 aromatic heterocycles. The van der Waals surface area contributed by atoms with Crippen molar-refractivity contribution in [3.63, 3.8) is 0 Å². The van der Waals surface area contributed by atoms with Gasteiger partial charge in [-0.25, -0.2) is 9.59 Å². The molecule has 0 saturated carbocycles. The zero-order valence-corrected chi connectivity index (χ0v) is 35.1. The Balaban J connectivity index is 1.25. The summed E-state index contributed by atoms with van der Waals surface area (Å²) in [7, 11) is 3.13. The molecular weight excluding hydrogens is 880 g/mol. The largest absolute Gasteiger partial charge is 0.504 e. The molecule has 4 bridgehead atoms. The van der Waals surface area contributed by atoms with Crippen LogP contribution in [0, 0.1) is 25.2 Å². The lowest BCUT2D eigenvalue weighted by Crippen LogP contribution is -2.69. The molecule has 7 atom stereocenters. The van der Waals surface area contributed by atoms with E-state index >= 15 is 8.78 Å². The van der Waals surface area contributed by atoms with Crippen LogP contribution >= 0.6 is 11.8 Å². The van der Waals surface area contributed by atoms with Crippen LogP contribution in [0.2, 0.25) is 0 Å². The van der Waals surface area contributed by atoms with E-state index in [-0.39, 0.29) is 51.9 Å². The number of hydrogen-bond donors (Lipinski definition) is 3. The zero-order valence-electron chi connectivity index (χ0n) is 34.3. The number of rotatable bonds is 4. The van der Waals surface area contributed by atoms with Gasteiger partial charge in [0.25, 0.3) is 0 Å². The number of hydrogen-bond acceptors (Lipinski definition) is 13. The number of fused-ring (bicyclic) bond motifs is 11. The summed E-state index contributed by atoms with van der Waals surface area (Å²) in [6, 6.07) is 6.91. The van der Waals surface area contributed by atoms with Gasteiger partial charge in [0.15, 0.2) is 28.5 Å². The first-order chi connectivity index (χ1) is 30.3. The fourth-order valence-corrected chi connectivity index (χ4v) is 12.6. The van der Waals surface area contributed by atoms with E-state index in [1.54, 1.807) is 18.9 Å². The molecule has 3 N–H and O–H groups in total. The molecule has 64 heavy (non-hydrogen) atoms. The third-order valence-electron chi connectivity index (χ3n) is 13.7. The van der Waals surface area contributed by atoms with Gasteiger partial charge in [-0.1, -0.05) is 24.3 Å². The number of halogens is 7. The maximum Gasteiger partial charge on any atom is 0.460 e. The Labute approximate surface area is 363 Å². The third kappa shape index (κ3) is 5.54. The highest BCUT2D eigenvalue weighted by Crippen LogP contribution is 2.65. The van der Waals surface area contributed by atoms with Gasteiger partial charge >= 0.3 is 30.0 Å². The summed E-state index contributed by atoms with van der Waals surface area (Å²) in [5.41, 5.74) is 1.77. The van der Waals surface area contributed by atoms with E-state index in [1.165, 1.54) is 14.0 Å². The van der Waals surface area contributed by atoms with Gasteiger partial charge in [-0.05, 0) is 56.5 Å². The molecule has 4 aromatic rings. The van der Waals surface area contributed by atoms with E-state index in [1.807, 2.05) is 35.2 Å². The molecule has 0 amide bonds. The van der Waals surface area contributed by atoms with Crippen LogP contribution in [0.25, 0.3) is 10.9 Å². The molecule has 2 fully saturated rings. The molecule has 338 valence electrons. The Bertz CT molecular complexity index is 2730. The number of esters is 2. The number of carbonyl (C=O) groups is 2. The number of H-pyrrole nitrogens is 1. The van der Waals surface area contributed by atoms with Crippen LogP contribution in [0.4, 0.5) is 30.7 Å². The lowest BCUT2D eigenvalue weighted by Gasteiger charge is -2.62. The molecule has 7 aliphatic rings. The Hall–Kier alpha value is -5.43. The number of methoxy groups -OCH3 is 1. The van der Waals surface area contributed by atoms with Crippen molar-refractivity contribution >= 4 is 34.6 Å². The molecule has 21 heteroatoms. The summed E-state index contributed by atoms with van der Waals surface area (Å²) >= 11 is 1.06. The van der Waals surface area contributed by atoms with Crippen LogP contribution in [0.15, 0.2) is 30.3 Å². The summed E-state index contributed by atoms with van der Waals surface area (Å²) in [4.78, 5) is 35.3. The molecule has 2 saturated heterocycles. The van der Waals surface area contributed by atoms with E-state index in [0.717, 1.165) is 28.2 Å². The van der Waals surface area contributed by atoms with Crippen molar-refractivity contribution in [1.82, 2.24) is 20.1 Å². The predicted octanol–water partition coefficient (Wildman–Crippen LogP) is 6.57. The van der Waals surface area contributed by atoms with Gasteiger partial charge < -0.3 is 33.8 Å². The number of aromatic amines is 1. The number of likely N-dealkylation sites (N-methyl/N-ethyl adjacent to an activating group) is 1. The van der Waals surface area contributed by atoms with Gasteiger partial charge in [-0.2, -0.15) is 36.0 Å². The predicted molar refractivity (Wildman–Crippen MR) is 212 cm³/mol. The molecule has 0 aliphatic carbocycles. The fraction of sp³-hybridized carbons (Fsp3) is 0.465. The van der Waals surface area contributed by atoms with Crippen molar-refractivity contribution in [2.24, 2.45) is 0 Å². The topological polar surface area (TPSA) is 159 Å². The quantitative estimate of drug-likeness (QED) is 0.115. The number of ether oxygens (including phenoxy) is 5. The first-order valence-corrected chi connectivity index (χ1v) is 21.3. The van der Waals surface area contributed by atoms with Gasteiger partial charge in [-0.3, -0.25) is 15.1 Å². The first kappa shape index (κ1) is 42.5. The standard InChI is InChI=1S/C43H38F7N5O8S/c1-17-11-19-12-23-24(13-51)55-25-14-60-38(57)40(37-21(9-10-52-40)20-7-5-6-8-22(20)53-37)15-64-36(30(55)29(54(23)3)26(19)31(56)32(17)59-4)28-27(25)35-34(61-16-62-35)18(2)33(28)63-39(58)41(44,45)42(46,47)43(48,49)50/h5-8,11,23-25,29-30,36,52-53,56H,9-10,12,14-16H2,1-4H3/t23-,24+,25+,29-,30?,36-,40-/m1/s1. The van der Waals surface area contributed by atoms with E-state index in [9.17, 15) is 41.9 Å². The minimum Gasteiger partial charge on any atom is -0.504 e. The number of piperazine rings is 1. The van der Waals surface area contributed by atoms with Gasteiger partial charge in [0.1, 0.15) is 18.4 Å². The zero-order chi connectivity index (χ0) is 45.6. The summed E-state index contributed by atoms with van der Waals surface area (Å²) in [6.07, 6.45) is -6.08. The van der Waals surface area contributed by atoms with Crippen molar-refractivity contribution in [2.45, 2.75) is 85.7 Å². The number of phenolic OH excluding ortho intramolecular Hbond substituents is 1. The number of nitrogens with one attached hydrogen (secondary N) is 2. The van der Waals surface area contributed by atoms with Gasteiger partial charge in [0, 0.05) is 57.5 Å². The normalized spacial score (nSPS) is 27.6. The second-order valence-corrected chi connectivity index (χ2v) is 18.0. The molecule has 0 radical (unpaired) electrons. The molecule has 1 spiro atoms. The Kier molecular flexibility index (Phi) is 9.49. The van der Waals surface area contributed by atoms with Crippen molar-refractivity contribution < 1.29 is 69.1 Å². The average Bonchev–Trinajstić information content (AvgIpc) is 3.90. The highest BCUT2D eigenvalue weighted by molar-refractivity contribution is 7.99. The van der Waals surface area contributed by atoms with Crippen LogP contribution in [-0.2, 0) is 32.7 Å². The number of aryl methyl sites for hydroxylation is 1. The summed E-state index contributed by atoms with van der Waals surface area (Å²) in [6.45, 7) is 2.28. The van der Waals surface area contributed by atoms with Crippen molar-refractivity contribution in [2.75, 3.05) is 39.9 Å². The number of phenols is 1. The van der Waals surface area contributed by atoms with Crippen LogP contribution < -0.4 is 24.3 Å². The van der Waals surface area contributed by atoms with Crippen LogP contribution in [0.1, 0.15) is 62.0 Å². The first-order valence-electron chi connectivity index (χ1n) is 20.2. The van der Waals surface area contributed by atoms with Crippen molar-refractivity contribution in [3.8, 4) is 34.8 Å². The molecular formula is C43H38F7N5O8S. The van der Waals surface area contributed by atoms with E-state index < -0.39 is 90.1 Å². The number of nitriles is 1. The molecule has 13 nitrogen and oxygen atoms in total. The number of aromatic hydroxyl groups is 1. The van der Waals surface area contributed by atoms with Crippen LogP contribution in [0.3, 0.4) is 0 Å². The lowest BCUT2D eigenvalue weighted by molar-refractivity contribution is -0.346. The number of thioether (sulfide) groups is 1. The Morgan fingerprint density at radius 1 is 1.05 bits per heavy atom. The second-order valence-electron chi connectivity index (χ2n) is 16.9.